The Morgan fingerprint density at radius 3 is 2.27 bits per heavy atom. The molecule has 0 bridgehead atoms. The minimum Gasteiger partial charge on any atom is -0.343 e. The molecule has 0 unspecified atom stereocenters. The van der Waals surface area contributed by atoms with Crippen LogP contribution in [0.3, 0.4) is 0 Å². The van der Waals surface area contributed by atoms with Crippen molar-refractivity contribution in [1.29, 1.82) is 0 Å². The standard InChI is InChI=1S/C19H36N2O/c1-15(2)12-17-13-20(14-17)9-5-6-19(22)21-10-7-18(8-11-21)16(3)4/h15-18H,5-14H2,1-4H3. The van der Waals surface area contributed by atoms with Crippen molar-refractivity contribution in [3.63, 3.8) is 0 Å². The summed E-state index contributed by atoms with van der Waals surface area (Å²) >= 11 is 0. The molecular formula is C19H36N2O. The summed E-state index contributed by atoms with van der Waals surface area (Å²) in [4.78, 5) is 16.9. The van der Waals surface area contributed by atoms with Crippen LogP contribution in [-0.4, -0.2) is 48.4 Å². The monoisotopic (exact) mass is 308 g/mol. The van der Waals surface area contributed by atoms with Crippen LogP contribution in [0.2, 0.25) is 0 Å². The number of carbonyl (C=O) groups is 1. The van der Waals surface area contributed by atoms with Crippen molar-refractivity contribution in [3.8, 4) is 0 Å². The van der Waals surface area contributed by atoms with Crippen LogP contribution in [-0.2, 0) is 4.79 Å². The summed E-state index contributed by atoms with van der Waals surface area (Å²) in [6, 6.07) is 0. The Hall–Kier alpha value is -0.570. The van der Waals surface area contributed by atoms with Gasteiger partial charge in [-0.05, 0) is 55.9 Å². The van der Waals surface area contributed by atoms with Crippen molar-refractivity contribution in [2.24, 2.45) is 23.7 Å². The molecule has 2 saturated heterocycles. The van der Waals surface area contributed by atoms with E-state index in [1.807, 2.05) is 0 Å². The topological polar surface area (TPSA) is 23.6 Å². The molecule has 0 spiro atoms. The molecule has 0 saturated carbocycles. The van der Waals surface area contributed by atoms with Crippen molar-refractivity contribution in [2.75, 3.05) is 32.7 Å². The molecule has 2 rings (SSSR count). The van der Waals surface area contributed by atoms with Crippen LogP contribution in [0.4, 0.5) is 0 Å². The number of rotatable bonds is 7. The SMILES string of the molecule is CC(C)CC1CN(CCCC(=O)N2CCC(C(C)C)CC2)C1. The fourth-order valence-electron chi connectivity index (χ4n) is 4.10. The van der Waals surface area contributed by atoms with Gasteiger partial charge in [0.15, 0.2) is 0 Å². The highest BCUT2D eigenvalue weighted by atomic mass is 16.2. The molecule has 1 amide bonds. The lowest BCUT2D eigenvalue weighted by atomic mass is 9.86. The summed E-state index contributed by atoms with van der Waals surface area (Å²) in [5, 5.41) is 0. The van der Waals surface area contributed by atoms with E-state index < -0.39 is 0 Å². The average molecular weight is 309 g/mol. The number of carbonyl (C=O) groups excluding carboxylic acids is 1. The van der Waals surface area contributed by atoms with E-state index in [9.17, 15) is 4.79 Å². The second-order valence-corrected chi connectivity index (χ2v) is 8.32. The van der Waals surface area contributed by atoms with Gasteiger partial charge in [0, 0.05) is 32.6 Å². The van der Waals surface area contributed by atoms with Gasteiger partial charge in [0.2, 0.25) is 5.91 Å². The first-order chi connectivity index (χ1) is 10.5. The van der Waals surface area contributed by atoms with Gasteiger partial charge in [-0.25, -0.2) is 0 Å². The Morgan fingerprint density at radius 1 is 1.09 bits per heavy atom. The molecule has 0 atom stereocenters. The second kappa shape index (κ2) is 8.33. The second-order valence-electron chi connectivity index (χ2n) is 8.32. The minimum atomic E-state index is 0.390. The summed E-state index contributed by atoms with van der Waals surface area (Å²) < 4.78 is 0. The summed E-state index contributed by atoms with van der Waals surface area (Å²) in [5.41, 5.74) is 0. The number of piperidine rings is 1. The first-order valence-electron chi connectivity index (χ1n) is 9.45. The van der Waals surface area contributed by atoms with Crippen molar-refractivity contribution >= 4 is 5.91 Å². The van der Waals surface area contributed by atoms with Crippen molar-refractivity contribution in [3.05, 3.63) is 0 Å². The predicted octanol–water partition coefficient (Wildman–Crippen LogP) is 3.64. The molecule has 0 aromatic carbocycles. The summed E-state index contributed by atoms with van der Waals surface area (Å²) in [6.07, 6.45) is 5.55. The smallest absolute Gasteiger partial charge is 0.222 e. The van der Waals surface area contributed by atoms with Gasteiger partial charge in [0.1, 0.15) is 0 Å². The number of amides is 1. The van der Waals surface area contributed by atoms with E-state index in [1.165, 1.54) is 32.4 Å². The molecule has 2 aliphatic rings. The Bertz CT molecular complexity index is 339. The van der Waals surface area contributed by atoms with E-state index in [0.29, 0.717) is 5.91 Å². The Balaban J connectivity index is 1.54. The predicted molar refractivity (Wildman–Crippen MR) is 92.8 cm³/mol. The zero-order chi connectivity index (χ0) is 16.1. The molecule has 0 aliphatic carbocycles. The molecule has 0 aromatic heterocycles. The van der Waals surface area contributed by atoms with E-state index >= 15 is 0 Å². The highest BCUT2D eigenvalue weighted by Gasteiger charge is 2.27. The maximum atomic E-state index is 12.3. The van der Waals surface area contributed by atoms with Crippen LogP contribution < -0.4 is 0 Å². The lowest BCUT2D eigenvalue weighted by Crippen LogP contribution is -2.47. The minimum absolute atomic E-state index is 0.390. The molecule has 3 nitrogen and oxygen atoms in total. The van der Waals surface area contributed by atoms with Crippen LogP contribution in [0.15, 0.2) is 0 Å². The van der Waals surface area contributed by atoms with E-state index in [-0.39, 0.29) is 0 Å². The quantitative estimate of drug-likeness (QED) is 0.717. The van der Waals surface area contributed by atoms with Crippen molar-refractivity contribution in [1.82, 2.24) is 9.80 Å². The Morgan fingerprint density at radius 2 is 1.73 bits per heavy atom. The zero-order valence-corrected chi connectivity index (χ0v) is 15.2. The summed E-state index contributed by atoms with van der Waals surface area (Å²) in [6.45, 7) is 14.8. The molecule has 128 valence electrons. The number of hydrogen-bond acceptors (Lipinski definition) is 2. The van der Waals surface area contributed by atoms with Crippen LogP contribution >= 0.6 is 0 Å². The van der Waals surface area contributed by atoms with E-state index in [1.54, 1.807) is 0 Å². The van der Waals surface area contributed by atoms with Gasteiger partial charge in [0.25, 0.3) is 0 Å². The highest BCUT2D eigenvalue weighted by molar-refractivity contribution is 5.76. The normalized spacial score (nSPS) is 21.6. The van der Waals surface area contributed by atoms with E-state index in [0.717, 1.165) is 56.1 Å². The van der Waals surface area contributed by atoms with Gasteiger partial charge >= 0.3 is 0 Å². The fraction of sp³-hybridized carbons (Fsp3) is 0.947. The largest absolute Gasteiger partial charge is 0.343 e. The number of hydrogen-bond donors (Lipinski definition) is 0. The van der Waals surface area contributed by atoms with Crippen LogP contribution in [0, 0.1) is 23.7 Å². The Labute approximate surface area is 137 Å². The van der Waals surface area contributed by atoms with Gasteiger partial charge in [0.05, 0.1) is 0 Å². The first kappa shape index (κ1) is 17.8. The highest BCUT2D eigenvalue weighted by Crippen LogP contribution is 2.25. The van der Waals surface area contributed by atoms with Crippen LogP contribution in [0.5, 0.6) is 0 Å². The molecule has 0 aromatic rings. The van der Waals surface area contributed by atoms with Gasteiger partial charge in [-0.1, -0.05) is 27.7 Å². The molecular weight excluding hydrogens is 272 g/mol. The third kappa shape index (κ3) is 5.26. The van der Waals surface area contributed by atoms with Crippen molar-refractivity contribution < 1.29 is 4.79 Å². The third-order valence-corrected chi connectivity index (χ3v) is 5.54. The number of likely N-dealkylation sites (tertiary alicyclic amines) is 2. The lowest BCUT2D eigenvalue weighted by molar-refractivity contribution is -0.133. The molecule has 2 heterocycles. The van der Waals surface area contributed by atoms with Gasteiger partial charge < -0.3 is 9.80 Å². The average Bonchev–Trinajstić information content (AvgIpc) is 2.44. The van der Waals surface area contributed by atoms with Gasteiger partial charge in [-0.3, -0.25) is 4.79 Å². The number of nitrogens with zero attached hydrogens (tertiary/aromatic N) is 2. The van der Waals surface area contributed by atoms with Crippen molar-refractivity contribution in [2.45, 2.75) is 59.8 Å². The summed E-state index contributed by atoms with van der Waals surface area (Å²) in [5.74, 6) is 3.71. The molecule has 0 N–H and O–H groups in total. The molecule has 22 heavy (non-hydrogen) atoms. The Kier molecular flexibility index (Phi) is 6.73. The molecule has 3 heteroatoms. The maximum Gasteiger partial charge on any atom is 0.222 e. The van der Waals surface area contributed by atoms with Gasteiger partial charge in [-0.15, -0.1) is 0 Å². The molecule has 2 aliphatic heterocycles. The van der Waals surface area contributed by atoms with E-state index in [4.69, 9.17) is 0 Å². The molecule has 0 radical (unpaired) electrons. The van der Waals surface area contributed by atoms with Crippen LogP contribution in [0.25, 0.3) is 0 Å². The van der Waals surface area contributed by atoms with Crippen LogP contribution in [0.1, 0.15) is 59.8 Å². The fourth-order valence-corrected chi connectivity index (χ4v) is 4.10. The van der Waals surface area contributed by atoms with Gasteiger partial charge in [-0.2, -0.15) is 0 Å². The summed E-state index contributed by atoms with van der Waals surface area (Å²) in [7, 11) is 0. The molecule has 2 fully saturated rings. The van der Waals surface area contributed by atoms with E-state index in [2.05, 4.69) is 37.5 Å². The maximum absolute atomic E-state index is 12.3. The lowest BCUT2D eigenvalue weighted by Gasteiger charge is -2.40. The third-order valence-electron chi connectivity index (χ3n) is 5.54. The first-order valence-corrected chi connectivity index (χ1v) is 9.45. The zero-order valence-electron chi connectivity index (χ0n) is 15.2.